The number of aliphatic carboxylic acids is 1. The number of carboxylic acid groups (broad SMARTS) is 2. The highest BCUT2D eigenvalue weighted by Gasteiger charge is 2.42. The maximum Gasteiger partial charge on any atom is 0.335 e. The van der Waals surface area contributed by atoms with E-state index in [1.54, 1.807) is 6.07 Å². The summed E-state index contributed by atoms with van der Waals surface area (Å²) < 4.78 is 0. The molecule has 1 atom stereocenters. The number of carbonyl (C=O) groups is 2. The molecule has 16 heavy (non-hydrogen) atoms. The van der Waals surface area contributed by atoms with Crippen molar-refractivity contribution in [3.8, 4) is 0 Å². The third-order valence-electron chi connectivity index (χ3n) is 3.01. The second kappa shape index (κ2) is 3.31. The summed E-state index contributed by atoms with van der Waals surface area (Å²) in [6.45, 7) is 0. The van der Waals surface area contributed by atoms with Crippen LogP contribution in [0.25, 0.3) is 0 Å². The van der Waals surface area contributed by atoms with E-state index in [2.05, 4.69) is 0 Å². The van der Waals surface area contributed by atoms with Crippen LogP contribution in [0.15, 0.2) is 18.2 Å². The molecule has 0 spiro atoms. The normalized spacial score (nSPS) is 22.8. The fourth-order valence-electron chi connectivity index (χ4n) is 2.03. The fourth-order valence-corrected chi connectivity index (χ4v) is 2.03. The highest BCUT2D eigenvalue weighted by atomic mass is 16.4. The zero-order valence-corrected chi connectivity index (χ0v) is 8.43. The first-order chi connectivity index (χ1) is 7.45. The Kier molecular flexibility index (Phi) is 2.20. The minimum Gasteiger partial charge on any atom is -0.480 e. The minimum atomic E-state index is -1.44. The Morgan fingerprint density at radius 1 is 1.31 bits per heavy atom. The number of nitrogens with two attached hydrogens (primary N) is 1. The summed E-state index contributed by atoms with van der Waals surface area (Å²) in [5.41, 5.74) is 5.64. The molecule has 2 rings (SSSR count). The Balaban J connectivity index is 2.57. The van der Waals surface area contributed by atoms with Crippen molar-refractivity contribution in [3.63, 3.8) is 0 Å². The Bertz CT molecular complexity index is 483. The summed E-state index contributed by atoms with van der Waals surface area (Å²) in [6.07, 6.45) is 0.874. The van der Waals surface area contributed by atoms with Crippen LogP contribution in [0.5, 0.6) is 0 Å². The molecule has 0 aromatic heterocycles. The van der Waals surface area contributed by atoms with Crippen molar-refractivity contribution in [1.82, 2.24) is 0 Å². The first-order valence-corrected chi connectivity index (χ1v) is 4.84. The van der Waals surface area contributed by atoms with Gasteiger partial charge in [0, 0.05) is 0 Å². The van der Waals surface area contributed by atoms with Gasteiger partial charge in [-0.25, -0.2) is 9.59 Å². The molecule has 0 fully saturated rings. The molecule has 0 saturated heterocycles. The number of aromatic carboxylic acids is 1. The summed E-state index contributed by atoms with van der Waals surface area (Å²) in [5, 5.41) is 17.9. The van der Waals surface area contributed by atoms with Crippen molar-refractivity contribution in [2.75, 3.05) is 0 Å². The van der Waals surface area contributed by atoms with Crippen LogP contribution in [0.4, 0.5) is 0 Å². The SMILES string of the molecule is NC1(C(=O)O)CCc2ccc(C(=O)O)cc21. The van der Waals surface area contributed by atoms with Crippen LogP contribution >= 0.6 is 0 Å². The third kappa shape index (κ3) is 1.37. The second-order valence-electron chi connectivity index (χ2n) is 3.95. The Morgan fingerprint density at radius 2 is 2.00 bits per heavy atom. The van der Waals surface area contributed by atoms with Crippen molar-refractivity contribution in [3.05, 3.63) is 34.9 Å². The van der Waals surface area contributed by atoms with Crippen molar-refractivity contribution in [2.45, 2.75) is 18.4 Å². The van der Waals surface area contributed by atoms with E-state index in [4.69, 9.17) is 15.9 Å². The third-order valence-corrected chi connectivity index (χ3v) is 3.01. The minimum absolute atomic E-state index is 0.0664. The molecule has 1 aliphatic rings. The van der Waals surface area contributed by atoms with Gasteiger partial charge in [-0.05, 0) is 36.1 Å². The summed E-state index contributed by atoms with van der Waals surface area (Å²) >= 11 is 0. The van der Waals surface area contributed by atoms with Crippen LogP contribution in [0.2, 0.25) is 0 Å². The van der Waals surface area contributed by atoms with E-state index in [1.807, 2.05) is 0 Å². The molecular formula is C11H11NO4. The molecule has 0 amide bonds. The molecule has 4 N–H and O–H groups in total. The van der Waals surface area contributed by atoms with Gasteiger partial charge in [0.05, 0.1) is 5.56 Å². The van der Waals surface area contributed by atoms with E-state index in [1.165, 1.54) is 12.1 Å². The second-order valence-corrected chi connectivity index (χ2v) is 3.95. The number of hydrogen-bond acceptors (Lipinski definition) is 3. The largest absolute Gasteiger partial charge is 0.480 e. The number of aryl methyl sites for hydroxylation is 1. The van der Waals surface area contributed by atoms with Crippen molar-refractivity contribution >= 4 is 11.9 Å². The Hall–Kier alpha value is -1.88. The molecule has 84 valence electrons. The molecule has 1 aromatic rings. The van der Waals surface area contributed by atoms with Gasteiger partial charge in [0.15, 0.2) is 0 Å². The summed E-state index contributed by atoms with van der Waals surface area (Å²) in [5.74, 6) is -2.20. The van der Waals surface area contributed by atoms with E-state index in [0.717, 1.165) is 5.56 Å². The maximum atomic E-state index is 11.1. The Morgan fingerprint density at radius 3 is 2.56 bits per heavy atom. The summed E-state index contributed by atoms with van der Waals surface area (Å²) in [7, 11) is 0. The van der Waals surface area contributed by atoms with Gasteiger partial charge in [0.1, 0.15) is 5.54 Å². The topological polar surface area (TPSA) is 101 Å². The van der Waals surface area contributed by atoms with Crippen LogP contribution in [0.1, 0.15) is 27.9 Å². The monoisotopic (exact) mass is 221 g/mol. The first kappa shape index (κ1) is 10.6. The smallest absolute Gasteiger partial charge is 0.335 e. The summed E-state index contributed by atoms with van der Waals surface area (Å²) in [6, 6.07) is 4.46. The van der Waals surface area contributed by atoms with Crippen LogP contribution in [-0.4, -0.2) is 22.2 Å². The lowest BCUT2D eigenvalue weighted by Gasteiger charge is -2.19. The van der Waals surface area contributed by atoms with Gasteiger partial charge in [-0.3, -0.25) is 0 Å². The zero-order valence-electron chi connectivity index (χ0n) is 8.43. The predicted octanol–water partition coefficient (Wildman–Crippen LogP) is 0.570. The number of benzene rings is 1. The molecule has 0 heterocycles. The molecule has 5 heteroatoms. The molecule has 1 unspecified atom stereocenters. The Labute approximate surface area is 91.5 Å². The van der Waals surface area contributed by atoms with Gasteiger partial charge in [-0.15, -0.1) is 0 Å². The van der Waals surface area contributed by atoms with Gasteiger partial charge in [0.2, 0.25) is 0 Å². The predicted molar refractivity (Wildman–Crippen MR) is 55.2 cm³/mol. The van der Waals surface area contributed by atoms with Crippen LogP contribution in [0, 0.1) is 0 Å². The zero-order chi connectivity index (χ0) is 11.9. The average molecular weight is 221 g/mol. The lowest BCUT2D eigenvalue weighted by atomic mass is 9.92. The molecule has 0 bridgehead atoms. The van der Waals surface area contributed by atoms with Gasteiger partial charge in [-0.2, -0.15) is 0 Å². The number of fused-ring (bicyclic) bond motifs is 1. The highest BCUT2D eigenvalue weighted by molar-refractivity contribution is 5.89. The van der Waals surface area contributed by atoms with Crippen LogP contribution < -0.4 is 5.73 Å². The lowest BCUT2D eigenvalue weighted by Crippen LogP contribution is -2.42. The van der Waals surface area contributed by atoms with Crippen molar-refractivity contribution in [1.29, 1.82) is 0 Å². The average Bonchev–Trinajstić information content (AvgIpc) is 2.57. The van der Waals surface area contributed by atoms with E-state index in [0.29, 0.717) is 18.4 Å². The maximum absolute atomic E-state index is 11.1. The molecule has 1 aliphatic carbocycles. The van der Waals surface area contributed by atoms with Crippen molar-refractivity contribution in [2.24, 2.45) is 5.73 Å². The van der Waals surface area contributed by atoms with Gasteiger partial charge < -0.3 is 15.9 Å². The number of rotatable bonds is 2. The number of hydrogen-bond donors (Lipinski definition) is 3. The van der Waals surface area contributed by atoms with Crippen LogP contribution in [0.3, 0.4) is 0 Å². The molecule has 1 aromatic carbocycles. The lowest BCUT2D eigenvalue weighted by molar-refractivity contribution is -0.143. The quantitative estimate of drug-likeness (QED) is 0.677. The van der Waals surface area contributed by atoms with Gasteiger partial charge >= 0.3 is 11.9 Å². The van der Waals surface area contributed by atoms with Crippen LogP contribution in [-0.2, 0) is 16.8 Å². The van der Waals surface area contributed by atoms with E-state index in [-0.39, 0.29) is 5.56 Å². The van der Waals surface area contributed by atoms with Gasteiger partial charge in [0.25, 0.3) is 0 Å². The molecule has 5 nitrogen and oxygen atoms in total. The van der Waals surface area contributed by atoms with Gasteiger partial charge in [-0.1, -0.05) is 6.07 Å². The molecule has 0 saturated carbocycles. The van der Waals surface area contributed by atoms with Crippen molar-refractivity contribution < 1.29 is 19.8 Å². The fraction of sp³-hybridized carbons (Fsp3) is 0.273. The van der Waals surface area contributed by atoms with E-state index in [9.17, 15) is 9.59 Å². The van der Waals surface area contributed by atoms with E-state index >= 15 is 0 Å². The molecular weight excluding hydrogens is 210 g/mol. The first-order valence-electron chi connectivity index (χ1n) is 4.84. The number of carboxylic acids is 2. The molecule has 0 radical (unpaired) electrons. The highest BCUT2D eigenvalue weighted by Crippen LogP contribution is 2.35. The summed E-state index contributed by atoms with van der Waals surface area (Å²) in [4.78, 5) is 21.9. The van der Waals surface area contributed by atoms with E-state index < -0.39 is 17.5 Å². The molecule has 0 aliphatic heterocycles. The standard InChI is InChI=1S/C11H11NO4/c12-11(10(15)16)4-3-6-1-2-7(9(13)14)5-8(6)11/h1-2,5H,3-4,12H2,(H,13,14)(H,15,16).